The van der Waals surface area contributed by atoms with Crippen LogP contribution in [0.25, 0.3) is 0 Å². The van der Waals surface area contributed by atoms with Gasteiger partial charge in [0.2, 0.25) is 5.95 Å². The summed E-state index contributed by atoms with van der Waals surface area (Å²) in [5.41, 5.74) is 3.69. The first-order chi connectivity index (χ1) is 10.1. The minimum Gasteiger partial charge on any atom is -0.341 e. The van der Waals surface area contributed by atoms with Crippen LogP contribution in [0.3, 0.4) is 0 Å². The maximum atomic E-state index is 4.77. The highest BCUT2D eigenvalue weighted by molar-refractivity contribution is 5.37. The molecule has 1 saturated carbocycles. The van der Waals surface area contributed by atoms with Crippen molar-refractivity contribution in [3.05, 3.63) is 17.0 Å². The molecule has 0 amide bonds. The van der Waals surface area contributed by atoms with Crippen LogP contribution in [0.2, 0.25) is 0 Å². The molecule has 1 aliphatic heterocycles. The molecule has 0 aromatic carbocycles. The second kappa shape index (κ2) is 6.30. The summed E-state index contributed by atoms with van der Waals surface area (Å²) >= 11 is 0. The Hall–Kier alpha value is -1.16. The molecule has 2 fully saturated rings. The van der Waals surface area contributed by atoms with Crippen LogP contribution >= 0.6 is 0 Å². The van der Waals surface area contributed by atoms with Crippen molar-refractivity contribution in [1.82, 2.24) is 15.3 Å². The van der Waals surface area contributed by atoms with Crippen molar-refractivity contribution in [3.8, 4) is 0 Å². The van der Waals surface area contributed by atoms with Gasteiger partial charge in [0, 0.05) is 30.5 Å². The molecule has 0 bridgehead atoms. The predicted molar refractivity (Wildman–Crippen MR) is 86.8 cm³/mol. The van der Waals surface area contributed by atoms with Gasteiger partial charge in [0.15, 0.2) is 0 Å². The zero-order valence-corrected chi connectivity index (χ0v) is 13.7. The monoisotopic (exact) mass is 288 g/mol. The number of hydrogen-bond acceptors (Lipinski definition) is 4. The highest BCUT2D eigenvalue weighted by Crippen LogP contribution is 2.22. The number of rotatable bonds is 6. The molecule has 21 heavy (non-hydrogen) atoms. The number of hydrogen-bond donors (Lipinski definition) is 1. The van der Waals surface area contributed by atoms with Gasteiger partial charge < -0.3 is 10.2 Å². The minimum atomic E-state index is 0.643. The van der Waals surface area contributed by atoms with Gasteiger partial charge in [0.1, 0.15) is 0 Å². The lowest BCUT2D eigenvalue weighted by molar-refractivity contribution is 0.505. The molecule has 1 saturated heterocycles. The Labute approximate surface area is 128 Å². The van der Waals surface area contributed by atoms with E-state index < -0.39 is 0 Å². The van der Waals surface area contributed by atoms with Crippen LogP contribution < -0.4 is 10.2 Å². The summed E-state index contributed by atoms with van der Waals surface area (Å²) < 4.78 is 0. The summed E-state index contributed by atoms with van der Waals surface area (Å²) in [6, 6.07) is 0.795. The Morgan fingerprint density at radius 3 is 2.33 bits per heavy atom. The minimum absolute atomic E-state index is 0.643. The van der Waals surface area contributed by atoms with Gasteiger partial charge in [0.25, 0.3) is 0 Å². The first-order valence-electron chi connectivity index (χ1n) is 8.46. The van der Waals surface area contributed by atoms with Crippen LogP contribution in [0, 0.1) is 19.8 Å². The average Bonchev–Trinajstić information content (AvgIpc) is 3.12. The first kappa shape index (κ1) is 14.8. The summed E-state index contributed by atoms with van der Waals surface area (Å²) in [5.74, 6) is 1.58. The Kier molecular flexibility index (Phi) is 4.43. The van der Waals surface area contributed by atoms with Crippen LogP contribution in [0.4, 0.5) is 5.95 Å². The maximum Gasteiger partial charge on any atom is 0.225 e. The molecule has 1 atom stereocenters. The predicted octanol–water partition coefficient (Wildman–Crippen LogP) is 2.62. The fraction of sp³-hybridized carbons (Fsp3) is 0.765. The number of aryl methyl sites for hydroxylation is 2. The fourth-order valence-electron chi connectivity index (χ4n) is 3.15. The Bertz CT molecular complexity index is 467. The van der Waals surface area contributed by atoms with Crippen molar-refractivity contribution >= 4 is 5.95 Å². The summed E-state index contributed by atoms with van der Waals surface area (Å²) in [4.78, 5) is 11.9. The van der Waals surface area contributed by atoms with Crippen molar-refractivity contribution in [2.75, 3.05) is 24.5 Å². The zero-order valence-electron chi connectivity index (χ0n) is 13.7. The van der Waals surface area contributed by atoms with E-state index in [-0.39, 0.29) is 0 Å². The van der Waals surface area contributed by atoms with Gasteiger partial charge in [0.05, 0.1) is 0 Å². The Morgan fingerprint density at radius 1 is 1.14 bits per heavy atom. The van der Waals surface area contributed by atoms with E-state index in [9.17, 15) is 0 Å². The van der Waals surface area contributed by atoms with Crippen LogP contribution in [0.1, 0.15) is 49.6 Å². The van der Waals surface area contributed by atoms with Crippen molar-refractivity contribution in [3.63, 3.8) is 0 Å². The molecular formula is C17H28N4. The van der Waals surface area contributed by atoms with Gasteiger partial charge >= 0.3 is 0 Å². The highest BCUT2D eigenvalue weighted by atomic mass is 15.3. The third-order valence-corrected chi connectivity index (χ3v) is 4.68. The van der Waals surface area contributed by atoms with Gasteiger partial charge in [-0.25, -0.2) is 9.97 Å². The lowest BCUT2D eigenvalue weighted by Gasteiger charge is -2.20. The number of nitrogens with one attached hydrogen (secondary N) is 1. The molecule has 2 heterocycles. The molecule has 1 aromatic rings. The van der Waals surface area contributed by atoms with Crippen molar-refractivity contribution in [1.29, 1.82) is 0 Å². The smallest absolute Gasteiger partial charge is 0.225 e. The lowest BCUT2D eigenvalue weighted by Crippen LogP contribution is -2.25. The molecule has 1 N–H and O–H groups in total. The fourth-order valence-corrected chi connectivity index (χ4v) is 3.15. The molecule has 1 aliphatic carbocycles. The standard InChI is InChI=1S/C17H28N4/c1-12(11-18-15-6-7-15)10-16-13(2)19-17(20-14(16)3)21-8-4-5-9-21/h12,15,18H,4-11H2,1-3H3. The number of anilines is 1. The van der Waals surface area contributed by atoms with E-state index in [1.54, 1.807) is 0 Å². The van der Waals surface area contributed by atoms with E-state index in [0.29, 0.717) is 5.92 Å². The molecule has 0 radical (unpaired) electrons. The van der Waals surface area contributed by atoms with E-state index in [1.165, 1.54) is 42.6 Å². The SMILES string of the molecule is Cc1nc(N2CCCC2)nc(C)c1CC(C)CNC1CC1. The second-order valence-electron chi connectivity index (χ2n) is 6.86. The largest absolute Gasteiger partial charge is 0.341 e. The van der Waals surface area contributed by atoms with Gasteiger partial charge in [-0.1, -0.05) is 6.92 Å². The second-order valence-corrected chi connectivity index (χ2v) is 6.86. The first-order valence-corrected chi connectivity index (χ1v) is 8.46. The molecule has 0 spiro atoms. The van der Waals surface area contributed by atoms with Gasteiger partial charge in [-0.15, -0.1) is 0 Å². The van der Waals surface area contributed by atoms with E-state index in [1.807, 2.05) is 0 Å². The summed E-state index contributed by atoms with van der Waals surface area (Å²) in [5, 5.41) is 3.62. The van der Waals surface area contributed by atoms with Gasteiger partial charge in [-0.2, -0.15) is 0 Å². The van der Waals surface area contributed by atoms with Gasteiger partial charge in [-0.05, 0) is 64.0 Å². The Balaban J connectivity index is 1.66. The third-order valence-electron chi connectivity index (χ3n) is 4.68. The van der Waals surface area contributed by atoms with Crippen LogP contribution in [-0.4, -0.2) is 35.6 Å². The van der Waals surface area contributed by atoms with Crippen LogP contribution in [0.5, 0.6) is 0 Å². The van der Waals surface area contributed by atoms with Crippen LogP contribution in [0.15, 0.2) is 0 Å². The van der Waals surface area contributed by atoms with E-state index in [2.05, 4.69) is 31.0 Å². The molecule has 1 unspecified atom stereocenters. The average molecular weight is 288 g/mol. The molecule has 116 valence electrons. The summed E-state index contributed by atoms with van der Waals surface area (Å²) in [6.07, 6.45) is 6.34. The van der Waals surface area contributed by atoms with E-state index in [0.717, 1.165) is 38.0 Å². The maximum absolute atomic E-state index is 4.77. The third kappa shape index (κ3) is 3.73. The quantitative estimate of drug-likeness (QED) is 0.873. The molecular weight excluding hydrogens is 260 g/mol. The topological polar surface area (TPSA) is 41.1 Å². The number of nitrogens with zero attached hydrogens (tertiary/aromatic N) is 3. The summed E-state index contributed by atoms with van der Waals surface area (Å²) in [7, 11) is 0. The molecule has 1 aromatic heterocycles. The van der Waals surface area contributed by atoms with Crippen molar-refractivity contribution < 1.29 is 0 Å². The molecule has 4 nitrogen and oxygen atoms in total. The van der Waals surface area contributed by atoms with Crippen LogP contribution in [-0.2, 0) is 6.42 Å². The van der Waals surface area contributed by atoms with E-state index >= 15 is 0 Å². The normalized spacial score (nSPS) is 20.0. The molecule has 4 heteroatoms. The van der Waals surface area contributed by atoms with Crippen molar-refractivity contribution in [2.45, 2.75) is 58.9 Å². The lowest BCUT2D eigenvalue weighted by atomic mass is 9.99. The number of aromatic nitrogens is 2. The van der Waals surface area contributed by atoms with Gasteiger partial charge in [-0.3, -0.25) is 0 Å². The molecule has 3 rings (SSSR count). The van der Waals surface area contributed by atoms with E-state index in [4.69, 9.17) is 9.97 Å². The molecule has 2 aliphatic rings. The Morgan fingerprint density at radius 2 is 1.76 bits per heavy atom. The van der Waals surface area contributed by atoms with Crippen molar-refractivity contribution in [2.24, 2.45) is 5.92 Å². The summed E-state index contributed by atoms with van der Waals surface area (Å²) in [6.45, 7) is 9.94. The highest BCUT2D eigenvalue weighted by Gasteiger charge is 2.22. The zero-order chi connectivity index (χ0) is 14.8.